The highest BCUT2D eigenvalue weighted by atomic mass is 16.2. The Balaban J connectivity index is 1.50. The molecule has 4 atom stereocenters. The predicted molar refractivity (Wildman–Crippen MR) is 126 cm³/mol. The van der Waals surface area contributed by atoms with Crippen molar-refractivity contribution in [3.8, 4) is 0 Å². The summed E-state index contributed by atoms with van der Waals surface area (Å²) in [5.74, 6) is -0.880. The minimum Gasteiger partial charge on any atom is -0.274 e. The van der Waals surface area contributed by atoms with Gasteiger partial charge in [0, 0.05) is 11.8 Å². The zero-order valence-electron chi connectivity index (χ0n) is 17.8. The van der Waals surface area contributed by atoms with Crippen molar-refractivity contribution in [3.63, 3.8) is 0 Å². The maximum absolute atomic E-state index is 13.6. The summed E-state index contributed by atoms with van der Waals surface area (Å²) in [6, 6.07) is 28.3. The minimum absolute atomic E-state index is 0.0501. The Morgan fingerprint density at radius 1 is 0.656 bits per heavy atom. The summed E-state index contributed by atoms with van der Waals surface area (Å²) in [6.45, 7) is 1.95. The first kappa shape index (κ1) is 19.0. The van der Waals surface area contributed by atoms with Crippen LogP contribution in [0.1, 0.15) is 16.7 Å². The number of carbonyl (C=O) groups excluding carboxylic acids is 2. The van der Waals surface area contributed by atoms with E-state index in [2.05, 4.69) is 36.4 Å². The Labute approximate surface area is 187 Å². The number of anilines is 1. The lowest BCUT2D eigenvalue weighted by atomic mass is 9.85. The quantitative estimate of drug-likeness (QED) is 0.422. The van der Waals surface area contributed by atoms with Crippen molar-refractivity contribution in [2.75, 3.05) is 4.90 Å². The van der Waals surface area contributed by atoms with Gasteiger partial charge in [0.2, 0.25) is 11.8 Å². The fourth-order valence-corrected chi connectivity index (χ4v) is 5.86. The maximum Gasteiger partial charge on any atom is 0.238 e. The van der Waals surface area contributed by atoms with Crippen molar-refractivity contribution in [1.29, 1.82) is 0 Å². The Kier molecular flexibility index (Phi) is 4.25. The predicted octanol–water partition coefficient (Wildman–Crippen LogP) is 5.42. The van der Waals surface area contributed by atoms with E-state index in [-0.39, 0.29) is 35.5 Å². The van der Waals surface area contributed by atoms with Crippen LogP contribution in [0.4, 0.5) is 5.69 Å². The molecule has 32 heavy (non-hydrogen) atoms. The molecule has 1 heterocycles. The zero-order chi connectivity index (χ0) is 21.8. The minimum atomic E-state index is -0.325. The summed E-state index contributed by atoms with van der Waals surface area (Å²) in [5, 5.41) is 0. The second-order valence-electron chi connectivity index (χ2n) is 8.85. The lowest BCUT2D eigenvalue weighted by Crippen LogP contribution is -2.33. The van der Waals surface area contributed by atoms with Gasteiger partial charge in [-0.2, -0.15) is 0 Å². The standard InChI is InChI=1S/C29H23NO2/c1-18-10-8-9-15-23(18)30-28(31)26-21-16-17-22(27(26)29(30)32)25(21)24(19-11-4-2-5-12-19)20-13-6-3-7-14-20/h2-17,21-22,26-27H,1H3/t21-,22+,26-,27-/m0/s1. The number of carbonyl (C=O) groups is 2. The molecule has 1 aliphatic heterocycles. The first-order valence-electron chi connectivity index (χ1n) is 11.1. The molecule has 0 aromatic heterocycles. The number of para-hydroxylation sites is 1. The highest BCUT2D eigenvalue weighted by Crippen LogP contribution is 2.59. The third-order valence-electron chi connectivity index (χ3n) is 7.19. The van der Waals surface area contributed by atoms with Crippen LogP contribution in [-0.4, -0.2) is 11.8 Å². The molecule has 3 aliphatic rings. The third-order valence-corrected chi connectivity index (χ3v) is 7.19. The van der Waals surface area contributed by atoms with Gasteiger partial charge in [0.25, 0.3) is 0 Å². The average Bonchev–Trinajstić information content (AvgIpc) is 3.46. The van der Waals surface area contributed by atoms with Crippen LogP contribution in [0, 0.1) is 30.6 Å². The molecule has 156 valence electrons. The molecule has 3 nitrogen and oxygen atoms in total. The molecule has 0 spiro atoms. The van der Waals surface area contributed by atoms with Crippen molar-refractivity contribution in [2.45, 2.75) is 6.92 Å². The summed E-state index contributed by atoms with van der Waals surface area (Å²) < 4.78 is 0. The normalized spacial score (nSPS) is 25.5. The SMILES string of the molecule is Cc1ccccc1N1C(=O)[C@@H]2[C@@H](C1=O)[C@H]1C=C[C@@H]2C1=C(c1ccccc1)c1ccccc1. The van der Waals surface area contributed by atoms with Gasteiger partial charge in [-0.05, 0) is 40.8 Å². The number of hydrogen-bond acceptors (Lipinski definition) is 2. The second kappa shape index (κ2) is 7.16. The Morgan fingerprint density at radius 2 is 1.12 bits per heavy atom. The number of aryl methyl sites for hydroxylation is 1. The molecule has 2 fully saturated rings. The van der Waals surface area contributed by atoms with Crippen molar-refractivity contribution < 1.29 is 9.59 Å². The van der Waals surface area contributed by atoms with Crippen LogP contribution in [0.15, 0.2) is 103 Å². The molecule has 0 radical (unpaired) electrons. The van der Waals surface area contributed by atoms with Gasteiger partial charge in [-0.3, -0.25) is 9.59 Å². The van der Waals surface area contributed by atoms with Crippen molar-refractivity contribution in [1.82, 2.24) is 0 Å². The molecule has 2 aliphatic carbocycles. The van der Waals surface area contributed by atoms with E-state index < -0.39 is 0 Å². The molecular weight excluding hydrogens is 394 g/mol. The number of hydrogen-bond donors (Lipinski definition) is 0. The van der Waals surface area contributed by atoms with Gasteiger partial charge in [-0.15, -0.1) is 0 Å². The van der Waals surface area contributed by atoms with E-state index >= 15 is 0 Å². The van der Waals surface area contributed by atoms with Crippen molar-refractivity contribution in [2.24, 2.45) is 23.7 Å². The number of imide groups is 1. The summed E-state index contributed by atoms with van der Waals surface area (Å²) in [7, 11) is 0. The number of rotatable bonds is 3. The monoisotopic (exact) mass is 417 g/mol. The van der Waals surface area contributed by atoms with E-state index in [0.29, 0.717) is 5.69 Å². The highest BCUT2D eigenvalue weighted by Gasteiger charge is 2.62. The van der Waals surface area contributed by atoms with Crippen LogP contribution in [0.25, 0.3) is 5.57 Å². The first-order valence-corrected chi connectivity index (χ1v) is 11.1. The van der Waals surface area contributed by atoms with Gasteiger partial charge in [0.05, 0.1) is 17.5 Å². The largest absolute Gasteiger partial charge is 0.274 e. The number of allylic oxidation sites excluding steroid dienone is 3. The molecule has 3 aromatic carbocycles. The van der Waals surface area contributed by atoms with E-state index in [9.17, 15) is 9.59 Å². The van der Waals surface area contributed by atoms with E-state index in [4.69, 9.17) is 0 Å². The Hall–Kier alpha value is -3.72. The molecule has 3 aromatic rings. The van der Waals surface area contributed by atoms with Gasteiger partial charge in [0.1, 0.15) is 0 Å². The van der Waals surface area contributed by atoms with E-state index in [0.717, 1.165) is 22.3 Å². The van der Waals surface area contributed by atoms with Gasteiger partial charge in [-0.25, -0.2) is 4.90 Å². The number of nitrogens with zero attached hydrogens (tertiary/aromatic N) is 1. The molecule has 3 heteroatoms. The van der Waals surface area contributed by atoms with Gasteiger partial charge >= 0.3 is 0 Å². The van der Waals surface area contributed by atoms with Gasteiger partial charge in [0.15, 0.2) is 0 Å². The molecule has 0 N–H and O–H groups in total. The molecule has 2 amide bonds. The van der Waals surface area contributed by atoms with Crippen LogP contribution in [0.5, 0.6) is 0 Å². The van der Waals surface area contributed by atoms with Crippen molar-refractivity contribution >= 4 is 23.1 Å². The Morgan fingerprint density at radius 3 is 1.62 bits per heavy atom. The molecule has 0 unspecified atom stereocenters. The smallest absolute Gasteiger partial charge is 0.238 e. The van der Waals surface area contributed by atoms with Crippen LogP contribution < -0.4 is 4.90 Å². The maximum atomic E-state index is 13.6. The molecular formula is C29H23NO2. The third kappa shape index (κ3) is 2.61. The first-order chi connectivity index (χ1) is 15.7. The number of benzene rings is 3. The highest BCUT2D eigenvalue weighted by molar-refractivity contribution is 6.23. The topological polar surface area (TPSA) is 37.4 Å². The fourth-order valence-electron chi connectivity index (χ4n) is 5.86. The molecule has 6 rings (SSSR count). The van der Waals surface area contributed by atoms with Gasteiger partial charge in [-0.1, -0.05) is 91.0 Å². The second-order valence-corrected chi connectivity index (χ2v) is 8.85. The summed E-state index contributed by atoms with van der Waals surface area (Å²) in [4.78, 5) is 28.7. The molecule has 1 saturated heterocycles. The fraction of sp³-hybridized carbons (Fsp3) is 0.172. The van der Waals surface area contributed by atoms with Crippen LogP contribution >= 0.6 is 0 Å². The van der Waals surface area contributed by atoms with Crippen LogP contribution in [0.2, 0.25) is 0 Å². The zero-order valence-corrected chi connectivity index (χ0v) is 17.8. The summed E-state index contributed by atoms with van der Waals surface area (Å²) in [5.41, 5.74) is 6.28. The van der Waals surface area contributed by atoms with Crippen LogP contribution in [0.3, 0.4) is 0 Å². The van der Waals surface area contributed by atoms with E-state index in [1.807, 2.05) is 67.6 Å². The van der Waals surface area contributed by atoms with E-state index in [1.54, 1.807) is 0 Å². The van der Waals surface area contributed by atoms with Crippen molar-refractivity contribution in [3.05, 3.63) is 119 Å². The van der Waals surface area contributed by atoms with Crippen LogP contribution in [-0.2, 0) is 9.59 Å². The average molecular weight is 418 g/mol. The number of amides is 2. The lowest BCUT2D eigenvalue weighted by Gasteiger charge is -2.22. The molecule has 2 bridgehead atoms. The van der Waals surface area contributed by atoms with Gasteiger partial charge < -0.3 is 0 Å². The summed E-state index contributed by atoms with van der Waals surface area (Å²) >= 11 is 0. The van der Waals surface area contributed by atoms with E-state index in [1.165, 1.54) is 10.5 Å². The Bertz CT molecular complexity index is 1210. The molecule has 1 saturated carbocycles. The number of fused-ring (bicyclic) bond motifs is 5. The summed E-state index contributed by atoms with van der Waals surface area (Å²) in [6.07, 6.45) is 4.30. The lowest BCUT2D eigenvalue weighted by molar-refractivity contribution is -0.122.